The third-order valence-electron chi connectivity index (χ3n) is 9.48. The van der Waals surface area contributed by atoms with Gasteiger partial charge >= 0.3 is 0 Å². The van der Waals surface area contributed by atoms with E-state index < -0.39 is 14.9 Å². The lowest BCUT2D eigenvalue weighted by atomic mass is 9.99. The smallest absolute Gasteiger partial charge is 0.293 e. The van der Waals surface area contributed by atoms with Gasteiger partial charge in [-0.1, -0.05) is 78.3 Å². The molecule has 1 saturated heterocycles. The third kappa shape index (κ3) is 11.2. The van der Waals surface area contributed by atoms with Crippen LogP contribution in [-0.4, -0.2) is 88.0 Å². The number of thioether (sulfide) groups is 1. The van der Waals surface area contributed by atoms with Crippen molar-refractivity contribution in [2.45, 2.75) is 28.8 Å². The van der Waals surface area contributed by atoms with Gasteiger partial charge in [0.15, 0.2) is 0 Å². The Morgan fingerprint density at radius 1 is 0.909 bits per heavy atom. The third-order valence-corrected chi connectivity index (χ3v) is 12.1. The van der Waals surface area contributed by atoms with E-state index in [0.29, 0.717) is 11.3 Å². The zero-order valence-corrected chi connectivity index (χ0v) is 33.3. The summed E-state index contributed by atoms with van der Waals surface area (Å²) in [6.45, 7) is 5.15. The molecule has 1 heterocycles. The van der Waals surface area contributed by atoms with Gasteiger partial charge in [-0.3, -0.25) is 15.0 Å². The molecule has 0 amide bonds. The van der Waals surface area contributed by atoms with Crippen LogP contribution in [0, 0.1) is 10.1 Å². The first-order chi connectivity index (χ1) is 26.5. The molecule has 0 unspecified atom stereocenters. The van der Waals surface area contributed by atoms with E-state index in [1.54, 1.807) is 11.8 Å². The standard InChI is InChI=1S/C42H45ClN6O4S2/c1-46(2)23-22-36(31-54-38-9-4-3-5-10-38)45-41-21-20-39(28-42(41)49(50)51)55(52,53)44-29-32-12-18-37(19-13-32)48-26-24-47(25-27-48)30-34-8-6-7-11-40(34)33-14-16-35(43)17-15-33/h3-21,28-29,36,45H,22-27,30-31H2,1-2H3/t36-/m1/s1. The quantitative estimate of drug-likeness (QED) is 0.0455. The molecule has 1 fully saturated rings. The molecule has 5 aromatic rings. The molecule has 0 bridgehead atoms. The van der Waals surface area contributed by atoms with Crippen molar-refractivity contribution in [1.82, 2.24) is 9.80 Å². The molecule has 10 nitrogen and oxygen atoms in total. The van der Waals surface area contributed by atoms with E-state index in [4.69, 9.17) is 11.6 Å². The summed E-state index contributed by atoms with van der Waals surface area (Å²) in [5, 5.41) is 16.2. The number of rotatable bonds is 16. The maximum absolute atomic E-state index is 13.3. The van der Waals surface area contributed by atoms with E-state index >= 15 is 0 Å². The molecule has 1 N–H and O–H groups in total. The number of anilines is 2. The summed E-state index contributed by atoms with van der Waals surface area (Å²) in [7, 11) is -0.251. The van der Waals surface area contributed by atoms with E-state index in [9.17, 15) is 18.5 Å². The van der Waals surface area contributed by atoms with Crippen LogP contribution >= 0.6 is 23.4 Å². The van der Waals surface area contributed by atoms with Gasteiger partial charge in [-0.25, -0.2) is 0 Å². The first-order valence-electron chi connectivity index (χ1n) is 18.1. The fourth-order valence-electron chi connectivity index (χ4n) is 6.43. The Labute approximate surface area is 333 Å². The van der Waals surface area contributed by atoms with E-state index in [-0.39, 0.29) is 22.3 Å². The maximum atomic E-state index is 13.3. The van der Waals surface area contributed by atoms with Crippen LogP contribution in [0.5, 0.6) is 0 Å². The van der Waals surface area contributed by atoms with Crippen molar-refractivity contribution in [3.05, 3.63) is 148 Å². The number of hydrogen-bond donors (Lipinski definition) is 1. The second kappa shape index (κ2) is 18.7. The van der Waals surface area contributed by atoms with Gasteiger partial charge in [-0.2, -0.15) is 12.8 Å². The molecule has 0 aromatic heterocycles. The van der Waals surface area contributed by atoms with Crippen LogP contribution < -0.4 is 10.2 Å². The van der Waals surface area contributed by atoms with Crippen molar-refractivity contribution in [1.29, 1.82) is 0 Å². The Balaban J connectivity index is 1.06. The predicted octanol–water partition coefficient (Wildman–Crippen LogP) is 8.57. The largest absolute Gasteiger partial charge is 0.376 e. The van der Waals surface area contributed by atoms with Crippen molar-refractivity contribution in [2.75, 3.05) is 62.8 Å². The van der Waals surface area contributed by atoms with Gasteiger partial charge in [-0.15, -0.1) is 11.8 Å². The highest BCUT2D eigenvalue weighted by molar-refractivity contribution is 7.99. The monoisotopic (exact) mass is 796 g/mol. The topological polar surface area (TPSA) is 111 Å². The molecule has 286 valence electrons. The molecule has 5 aromatic carbocycles. The fraction of sp³-hybridized carbons (Fsp3) is 0.262. The summed E-state index contributed by atoms with van der Waals surface area (Å²) in [5.41, 5.74) is 5.24. The number of sulfonamides is 1. The normalized spacial score (nSPS) is 14.4. The van der Waals surface area contributed by atoms with Crippen LogP contribution in [0.4, 0.5) is 17.1 Å². The fourth-order valence-corrected chi connectivity index (χ4v) is 8.43. The van der Waals surface area contributed by atoms with Gasteiger partial charge in [0.2, 0.25) is 0 Å². The van der Waals surface area contributed by atoms with Crippen molar-refractivity contribution in [3.63, 3.8) is 0 Å². The molecular weight excluding hydrogens is 752 g/mol. The summed E-state index contributed by atoms with van der Waals surface area (Å²) < 4.78 is 30.4. The lowest BCUT2D eigenvalue weighted by Crippen LogP contribution is -2.46. The second-order valence-corrected chi connectivity index (χ2v) is 16.9. The minimum atomic E-state index is -4.21. The molecule has 13 heteroatoms. The highest BCUT2D eigenvalue weighted by Gasteiger charge is 2.23. The summed E-state index contributed by atoms with van der Waals surface area (Å²) in [4.78, 5) is 19.3. The number of nitrogens with zero attached hydrogens (tertiary/aromatic N) is 5. The molecule has 0 saturated carbocycles. The number of benzene rings is 5. The summed E-state index contributed by atoms with van der Waals surface area (Å²) in [6, 6.07) is 37.8. The van der Waals surface area contributed by atoms with Crippen LogP contribution in [-0.2, 0) is 16.6 Å². The first-order valence-corrected chi connectivity index (χ1v) is 20.9. The number of nitro benzene ring substituents is 1. The number of piperazine rings is 1. The number of nitro groups is 1. The molecule has 1 aliphatic rings. The van der Waals surface area contributed by atoms with Gasteiger partial charge in [0.05, 0.1) is 9.82 Å². The number of halogens is 1. The number of nitrogens with one attached hydrogen (secondary N) is 1. The van der Waals surface area contributed by atoms with Gasteiger partial charge in [0, 0.05) is 72.4 Å². The maximum Gasteiger partial charge on any atom is 0.293 e. The first kappa shape index (κ1) is 40.0. The van der Waals surface area contributed by atoms with E-state index in [2.05, 4.69) is 60.8 Å². The molecule has 0 spiro atoms. The highest BCUT2D eigenvalue weighted by atomic mass is 35.5. The molecular formula is C42H45ClN6O4S2. The van der Waals surface area contributed by atoms with Gasteiger partial charge in [0.25, 0.3) is 15.7 Å². The van der Waals surface area contributed by atoms with Crippen LogP contribution in [0.25, 0.3) is 11.1 Å². The highest BCUT2D eigenvalue weighted by Crippen LogP contribution is 2.31. The molecule has 0 radical (unpaired) electrons. The second-order valence-electron chi connectivity index (χ2n) is 13.7. The van der Waals surface area contributed by atoms with Crippen molar-refractivity contribution in [3.8, 4) is 11.1 Å². The lowest BCUT2D eigenvalue weighted by Gasteiger charge is -2.36. The van der Waals surface area contributed by atoms with Crippen LogP contribution in [0.2, 0.25) is 5.02 Å². The van der Waals surface area contributed by atoms with Gasteiger partial charge < -0.3 is 15.1 Å². The SMILES string of the molecule is CN(C)CC[C@H](CSc1ccccc1)Nc1ccc(S(=O)(=O)N=Cc2ccc(N3CCN(Cc4ccccc4-c4ccc(Cl)cc4)CC3)cc2)cc1[N+](=O)[O-]. The zero-order chi connectivity index (χ0) is 38.8. The molecule has 0 aliphatic carbocycles. The number of hydrogen-bond acceptors (Lipinski definition) is 9. The Morgan fingerprint density at radius 3 is 2.29 bits per heavy atom. The lowest BCUT2D eigenvalue weighted by molar-refractivity contribution is -0.384. The Kier molecular flexibility index (Phi) is 13.6. The average molecular weight is 797 g/mol. The Hall–Kier alpha value is -4.72. The molecule has 55 heavy (non-hydrogen) atoms. The van der Waals surface area contributed by atoms with Crippen molar-refractivity contribution in [2.24, 2.45) is 4.40 Å². The Morgan fingerprint density at radius 2 is 1.60 bits per heavy atom. The molecule has 1 atom stereocenters. The van der Waals surface area contributed by atoms with E-state index in [1.165, 1.54) is 29.5 Å². The minimum absolute atomic E-state index is 0.0955. The van der Waals surface area contributed by atoms with E-state index in [1.807, 2.05) is 80.8 Å². The van der Waals surface area contributed by atoms with Crippen molar-refractivity contribution < 1.29 is 13.3 Å². The summed E-state index contributed by atoms with van der Waals surface area (Å²) in [5.74, 6) is 0.676. The Bertz CT molecular complexity index is 2180. The van der Waals surface area contributed by atoms with Gasteiger partial charge in [0.1, 0.15) is 5.69 Å². The van der Waals surface area contributed by atoms with E-state index in [0.717, 1.165) is 72.9 Å². The minimum Gasteiger partial charge on any atom is -0.376 e. The van der Waals surface area contributed by atoms with Crippen LogP contribution in [0.3, 0.4) is 0 Å². The summed E-state index contributed by atoms with van der Waals surface area (Å²) >= 11 is 7.78. The molecule has 6 rings (SSSR count). The van der Waals surface area contributed by atoms with Crippen LogP contribution in [0.1, 0.15) is 17.5 Å². The average Bonchev–Trinajstić information content (AvgIpc) is 3.19. The zero-order valence-electron chi connectivity index (χ0n) is 30.9. The van der Waals surface area contributed by atoms with Gasteiger partial charge in [-0.05, 0) is 97.8 Å². The summed E-state index contributed by atoms with van der Waals surface area (Å²) in [6.07, 6.45) is 2.02. The van der Waals surface area contributed by atoms with Crippen molar-refractivity contribution >= 4 is 56.7 Å². The van der Waals surface area contributed by atoms with Crippen LogP contribution in [0.15, 0.2) is 136 Å². The molecule has 1 aliphatic heterocycles. The predicted molar refractivity (Wildman–Crippen MR) is 226 cm³/mol.